The Morgan fingerprint density at radius 3 is 2.68 bits per heavy atom. The molecule has 0 aromatic heterocycles. The molecule has 0 spiro atoms. The molecule has 28 heavy (non-hydrogen) atoms. The van der Waals surface area contributed by atoms with Gasteiger partial charge in [0.2, 0.25) is 0 Å². The van der Waals surface area contributed by atoms with E-state index in [9.17, 15) is 13.6 Å². The Hall–Kier alpha value is -2.67. The molecule has 1 amide bonds. The third-order valence-electron chi connectivity index (χ3n) is 5.15. The van der Waals surface area contributed by atoms with Gasteiger partial charge in [-0.1, -0.05) is 24.3 Å². The molecule has 2 heterocycles. The molecular weight excluding hydrogens is 366 g/mol. The number of nitrogens with zero attached hydrogens (tertiary/aromatic N) is 2. The SMILES string of the molecule is O=C(c1ccccc1OC(F)F)N1CCN(Cc2ccc3c(c2)CCO3)CC1. The van der Waals surface area contributed by atoms with Gasteiger partial charge in [0.15, 0.2) is 0 Å². The lowest BCUT2D eigenvalue weighted by Gasteiger charge is -2.35. The third-order valence-corrected chi connectivity index (χ3v) is 5.15. The summed E-state index contributed by atoms with van der Waals surface area (Å²) in [6.07, 6.45) is 0.950. The molecule has 1 fully saturated rings. The van der Waals surface area contributed by atoms with Gasteiger partial charge in [0.05, 0.1) is 12.2 Å². The number of halogens is 2. The van der Waals surface area contributed by atoms with E-state index in [0.29, 0.717) is 13.1 Å². The molecule has 0 aliphatic carbocycles. The molecule has 0 atom stereocenters. The molecule has 2 aromatic carbocycles. The van der Waals surface area contributed by atoms with E-state index in [1.807, 2.05) is 6.07 Å². The van der Waals surface area contributed by atoms with E-state index in [1.54, 1.807) is 17.0 Å². The number of rotatable bonds is 5. The smallest absolute Gasteiger partial charge is 0.387 e. The number of para-hydroxylation sites is 1. The Balaban J connectivity index is 1.36. The molecule has 7 heteroatoms. The van der Waals surface area contributed by atoms with Gasteiger partial charge < -0.3 is 14.4 Å². The Morgan fingerprint density at radius 1 is 1.11 bits per heavy atom. The van der Waals surface area contributed by atoms with Crippen LogP contribution in [-0.2, 0) is 13.0 Å². The average Bonchev–Trinajstić information content (AvgIpc) is 3.16. The van der Waals surface area contributed by atoms with Crippen molar-refractivity contribution in [3.63, 3.8) is 0 Å². The van der Waals surface area contributed by atoms with Crippen molar-refractivity contribution in [2.45, 2.75) is 19.6 Å². The molecule has 0 radical (unpaired) electrons. The highest BCUT2D eigenvalue weighted by Gasteiger charge is 2.25. The molecule has 2 aromatic rings. The highest BCUT2D eigenvalue weighted by Crippen LogP contribution is 2.27. The van der Waals surface area contributed by atoms with Crippen LogP contribution in [0.25, 0.3) is 0 Å². The van der Waals surface area contributed by atoms with Crippen molar-refractivity contribution < 1.29 is 23.0 Å². The zero-order valence-corrected chi connectivity index (χ0v) is 15.4. The summed E-state index contributed by atoms with van der Waals surface area (Å²) in [6, 6.07) is 12.5. The van der Waals surface area contributed by atoms with Gasteiger partial charge in [0.25, 0.3) is 5.91 Å². The standard InChI is InChI=1S/C21H22F2N2O3/c22-21(23)28-19-4-2-1-3-17(19)20(26)25-10-8-24(9-11-25)14-15-5-6-18-16(13-15)7-12-27-18/h1-6,13,21H,7-12,14H2. The number of carbonyl (C=O) groups is 1. The van der Waals surface area contributed by atoms with Gasteiger partial charge in [-0.2, -0.15) is 8.78 Å². The molecule has 1 saturated heterocycles. The van der Waals surface area contributed by atoms with Crippen molar-refractivity contribution in [2.75, 3.05) is 32.8 Å². The lowest BCUT2D eigenvalue weighted by molar-refractivity contribution is -0.0503. The number of hydrogen-bond acceptors (Lipinski definition) is 4. The first-order chi connectivity index (χ1) is 13.6. The second kappa shape index (κ2) is 8.14. The molecule has 5 nitrogen and oxygen atoms in total. The van der Waals surface area contributed by atoms with Crippen LogP contribution in [0.1, 0.15) is 21.5 Å². The first kappa shape index (κ1) is 18.7. The van der Waals surface area contributed by atoms with Crippen LogP contribution in [-0.4, -0.2) is 55.1 Å². The van der Waals surface area contributed by atoms with Gasteiger partial charge >= 0.3 is 6.61 Å². The summed E-state index contributed by atoms with van der Waals surface area (Å²) < 4.78 is 35.2. The van der Waals surface area contributed by atoms with E-state index in [0.717, 1.165) is 38.4 Å². The summed E-state index contributed by atoms with van der Waals surface area (Å²) in [5.41, 5.74) is 2.66. The van der Waals surface area contributed by atoms with Crippen LogP contribution in [0, 0.1) is 0 Å². The van der Waals surface area contributed by atoms with Gasteiger partial charge in [-0.3, -0.25) is 9.69 Å². The lowest BCUT2D eigenvalue weighted by Crippen LogP contribution is -2.48. The Kier molecular flexibility index (Phi) is 5.43. The minimum Gasteiger partial charge on any atom is -0.493 e. The van der Waals surface area contributed by atoms with E-state index in [-0.39, 0.29) is 17.2 Å². The van der Waals surface area contributed by atoms with E-state index in [1.165, 1.54) is 23.3 Å². The highest BCUT2D eigenvalue weighted by molar-refractivity contribution is 5.97. The van der Waals surface area contributed by atoms with Crippen molar-refractivity contribution in [1.29, 1.82) is 0 Å². The Bertz CT molecular complexity index is 851. The minimum atomic E-state index is -2.96. The molecule has 4 rings (SSSR count). The fourth-order valence-electron chi connectivity index (χ4n) is 3.72. The van der Waals surface area contributed by atoms with Gasteiger partial charge in [0, 0.05) is 39.1 Å². The number of fused-ring (bicyclic) bond motifs is 1. The Morgan fingerprint density at radius 2 is 1.89 bits per heavy atom. The van der Waals surface area contributed by atoms with Crippen LogP contribution in [0.3, 0.4) is 0 Å². The molecule has 148 valence electrons. The number of benzene rings is 2. The summed E-state index contributed by atoms with van der Waals surface area (Å²) in [6.45, 7) is 1.18. The number of piperazine rings is 1. The van der Waals surface area contributed by atoms with Crippen LogP contribution < -0.4 is 9.47 Å². The van der Waals surface area contributed by atoms with E-state index < -0.39 is 6.61 Å². The maximum atomic E-state index is 12.8. The van der Waals surface area contributed by atoms with Crippen LogP contribution in [0.15, 0.2) is 42.5 Å². The van der Waals surface area contributed by atoms with Crippen molar-refractivity contribution >= 4 is 5.91 Å². The minimum absolute atomic E-state index is 0.0784. The van der Waals surface area contributed by atoms with Crippen LogP contribution in [0.5, 0.6) is 11.5 Å². The summed E-state index contributed by atoms with van der Waals surface area (Å²) >= 11 is 0. The van der Waals surface area contributed by atoms with Gasteiger partial charge in [-0.25, -0.2) is 0 Å². The number of carbonyl (C=O) groups excluding carboxylic acids is 1. The van der Waals surface area contributed by atoms with E-state index in [2.05, 4.69) is 21.8 Å². The van der Waals surface area contributed by atoms with Crippen molar-refractivity contribution in [1.82, 2.24) is 9.80 Å². The summed E-state index contributed by atoms with van der Waals surface area (Å²) in [7, 11) is 0. The first-order valence-electron chi connectivity index (χ1n) is 9.40. The Labute approximate surface area is 162 Å². The normalized spacial score (nSPS) is 16.8. The summed E-state index contributed by atoms with van der Waals surface area (Å²) in [5.74, 6) is 0.625. The second-order valence-electron chi connectivity index (χ2n) is 6.98. The monoisotopic (exact) mass is 388 g/mol. The number of amides is 1. The average molecular weight is 388 g/mol. The molecule has 0 unspecified atom stereocenters. The maximum absolute atomic E-state index is 12.8. The molecule has 0 saturated carbocycles. The van der Waals surface area contributed by atoms with Crippen molar-refractivity contribution in [3.8, 4) is 11.5 Å². The summed E-state index contributed by atoms with van der Waals surface area (Å²) in [5, 5.41) is 0. The van der Waals surface area contributed by atoms with Crippen LogP contribution >= 0.6 is 0 Å². The maximum Gasteiger partial charge on any atom is 0.387 e. The zero-order chi connectivity index (χ0) is 19.5. The van der Waals surface area contributed by atoms with E-state index >= 15 is 0 Å². The van der Waals surface area contributed by atoms with E-state index in [4.69, 9.17) is 4.74 Å². The molecule has 2 aliphatic rings. The van der Waals surface area contributed by atoms with Gasteiger partial charge in [0.1, 0.15) is 11.5 Å². The molecule has 0 bridgehead atoms. The number of alkyl halides is 2. The molecule has 2 aliphatic heterocycles. The quantitative estimate of drug-likeness (QED) is 0.789. The first-order valence-corrected chi connectivity index (χ1v) is 9.40. The van der Waals surface area contributed by atoms with Gasteiger partial charge in [-0.15, -0.1) is 0 Å². The molecular formula is C21H22F2N2O3. The second-order valence-corrected chi connectivity index (χ2v) is 6.98. The predicted octanol–water partition coefficient (Wildman–Crippen LogP) is 3.18. The topological polar surface area (TPSA) is 42.0 Å². The van der Waals surface area contributed by atoms with Crippen LogP contribution in [0.2, 0.25) is 0 Å². The summed E-state index contributed by atoms with van der Waals surface area (Å²) in [4.78, 5) is 16.8. The highest BCUT2D eigenvalue weighted by atomic mass is 19.3. The third kappa shape index (κ3) is 4.09. The van der Waals surface area contributed by atoms with Crippen molar-refractivity contribution in [3.05, 3.63) is 59.2 Å². The fourth-order valence-corrected chi connectivity index (χ4v) is 3.72. The number of hydrogen-bond donors (Lipinski definition) is 0. The number of ether oxygens (including phenoxy) is 2. The van der Waals surface area contributed by atoms with Gasteiger partial charge in [-0.05, 0) is 29.3 Å². The van der Waals surface area contributed by atoms with Crippen LogP contribution in [0.4, 0.5) is 8.78 Å². The zero-order valence-electron chi connectivity index (χ0n) is 15.4. The van der Waals surface area contributed by atoms with Crippen molar-refractivity contribution in [2.24, 2.45) is 0 Å². The fraction of sp³-hybridized carbons (Fsp3) is 0.381. The lowest BCUT2D eigenvalue weighted by atomic mass is 10.1. The molecule has 0 N–H and O–H groups in total. The largest absolute Gasteiger partial charge is 0.493 e. The predicted molar refractivity (Wildman–Crippen MR) is 99.9 cm³/mol.